The van der Waals surface area contributed by atoms with Gasteiger partial charge in [0.2, 0.25) is 0 Å². The highest BCUT2D eigenvalue weighted by atomic mass is 16.6. The van der Waals surface area contributed by atoms with Gasteiger partial charge in [-0.15, -0.1) is 0 Å². The third-order valence-corrected chi connectivity index (χ3v) is 3.81. The van der Waals surface area contributed by atoms with Crippen LogP contribution in [0.25, 0.3) is 0 Å². The van der Waals surface area contributed by atoms with Crippen molar-refractivity contribution in [2.75, 3.05) is 25.7 Å². The van der Waals surface area contributed by atoms with Crippen molar-refractivity contribution in [3.63, 3.8) is 0 Å². The minimum atomic E-state index is -3.15. The Kier molecular flexibility index (Phi) is 5.48. The Morgan fingerprint density at radius 3 is 2.47 bits per heavy atom. The Morgan fingerprint density at radius 1 is 1.20 bits per heavy atom. The average molecular weight is 422 g/mol. The zero-order chi connectivity index (χ0) is 26.6. The van der Waals surface area contributed by atoms with E-state index in [0.29, 0.717) is 11.3 Å². The van der Waals surface area contributed by atoms with E-state index in [4.69, 9.17) is 25.8 Å². The summed E-state index contributed by atoms with van der Waals surface area (Å²) in [6, 6.07) is 7.89. The number of methoxy groups -OCH3 is 2. The highest BCUT2D eigenvalue weighted by Gasteiger charge is 2.27. The first-order chi connectivity index (χ1) is 16.1. The highest BCUT2D eigenvalue weighted by Crippen LogP contribution is 2.31. The molecule has 0 aliphatic rings. The quantitative estimate of drug-likeness (QED) is 0.619. The topological polar surface area (TPSA) is 87.2 Å². The molecule has 8 heteroatoms. The van der Waals surface area contributed by atoms with Gasteiger partial charge in [0.25, 0.3) is 0 Å². The second-order valence-corrected chi connectivity index (χ2v) is 7.15. The number of hydrogen-bond donors (Lipinski definition) is 0. The first-order valence-electron chi connectivity index (χ1n) is 11.5. The van der Waals surface area contributed by atoms with Gasteiger partial charge >= 0.3 is 12.1 Å². The molecule has 162 valence electrons. The van der Waals surface area contributed by atoms with Gasteiger partial charge in [-0.05, 0) is 51.4 Å². The monoisotopic (exact) mass is 421 g/mol. The van der Waals surface area contributed by atoms with Crippen LogP contribution in [0, 0.1) is 0 Å². The number of carbonyl (C=O) groups is 2. The molecule has 0 aliphatic heterocycles. The fraction of sp³-hybridized carbons (Fsp3) is 0.409. The summed E-state index contributed by atoms with van der Waals surface area (Å²) in [5.41, 5.74) is -0.633. The van der Waals surface area contributed by atoms with Crippen molar-refractivity contribution in [2.24, 2.45) is 0 Å². The summed E-state index contributed by atoms with van der Waals surface area (Å²) >= 11 is 0. The SMILES string of the molecule is [2H]C([2H])([2H])C([2H])([2H])Oc1cnc(C(=O)OC)cc1N(Cc1ccc(OC)cc1)C(=O)OC(C)(C)C. The summed E-state index contributed by atoms with van der Waals surface area (Å²) in [7, 11) is 2.65. The third-order valence-electron chi connectivity index (χ3n) is 3.81. The van der Waals surface area contributed by atoms with Crippen molar-refractivity contribution in [2.45, 2.75) is 39.8 Å². The molecule has 0 aliphatic carbocycles. The number of aromatic nitrogens is 1. The third kappa shape index (κ3) is 6.10. The molecule has 1 aromatic heterocycles. The van der Waals surface area contributed by atoms with E-state index in [1.54, 1.807) is 45.0 Å². The summed E-state index contributed by atoms with van der Waals surface area (Å²) in [6.07, 6.45) is 0.103. The molecular formula is C22H28N2O6. The summed E-state index contributed by atoms with van der Waals surface area (Å²) in [5.74, 6) is -0.632. The number of ether oxygens (including phenoxy) is 4. The molecule has 0 fully saturated rings. The largest absolute Gasteiger partial charge is 0.497 e. The van der Waals surface area contributed by atoms with Crippen LogP contribution >= 0.6 is 0 Å². The predicted octanol–water partition coefficient (Wildman–Crippen LogP) is 4.22. The second-order valence-electron chi connectivity index (χ2n) is 7.15. The van der Waals surface area contributed by atoms with Gasteiger partial charge in [0.15, 0.2) is 11.4 Å². The van der Waals surface area contributed by atoms with Gasteiger partial charge in [0.1, 0.15) is 11.4 Å². The fourth-order valence-corrected chi connectivity index (χ4v) is 2.47. The van der Waals surface area contributed by atoms with Crippen LogP contribution in [0.1, 0.15) is 50.5 Å². The average Bonchev–Trinajstić information content (AvgIpc) is 2.75. The van der Waals surface area contributed by atoms with Gasteiger partial charge in [-0.25, -0.2) is 14.6 Å². The minimum absolute atomic E-state index is 0.101. The van der Waals surface area contributed by atoms with E-state index >= 15 is 0 Å². The smallest absolute Gasteiger partial charge is 0.415 e. The van der Waals surface area contributed by atoms with Gasteiger partial charge in [-0.3, -0.25) is 4.90 Å². The van der Waals surface area contributed by atoms with Crippen LogP contribution in [0.3, 0.4) is 0 Å². The zero-order valence-corrected chi connectivity index (χ0v) is 17.5. The lowest BCUT2D eigenvalue weighted by molar-refractivity contribution is 0.0568. The lowest BCUT2D eigenvalue weighted by atomic mass is 10.1. The molecule has 0 radical (unpaired) electrons. The lowest BCUT2D eigenvalue weighted by Crippen LogP contribution is -2.37. The van der Waals surface area contributed by atoms with E-state index in [0.717, 1.165) is 24.3 Å². The van der Waals surface area contributed by atoms with Crippen LogP contribution in [0.4, 0.5) is 10.5 Å². The summed E-state index contributed by atoms with van der Waals surface area (Å²) < 4.78 is 58.6. The van der Waals surface area contributed by atoms with E-state index in [1.807, 2.05) is 0 Å². The normalized spacial score (nSPS) is 14.2. The molecule has 8 nitrogen and oxygen atoms in total. The van der Waals surface area contributed by atoms with Crippen LogP contribution in [0.15, 0.2) is 36.5 Å². The maximum atomic E-state index is 13.2. The Labute approximate surface area is 183 Å². The van der Waals surface area contributed by atoms with E-state index in [9.17, 15) is 9.59 Å². The van der Waals surface area contributed by atoms with Crippen LogP contribution in [-0.2, 0) is 16.0 Å². The molecule has 1 heterocycles. The van der Waals surface area contributed by atoms with Crippen molar-refractivity contribution in [1.29, 1.82) is 0 Å². The van der Waals surface area contributed by atoms with Crippen molar-refractivity contribution < 1.29 is 35.4 Å². The molecule has 1 aromatic carbocycles. The van der Waals surface area contributed by atoms with Crippen LogP contribution in [0.2, 0.25) is 0 Å². The van der Waals surface area contributed by atoms with Gasteiger partial charge in [-0.1, -0.05) is 12.1 Å². The van der Waals surface area contributed by atoms with E-state index < -0.39 is 36.8 Å². The molecule has 0 unspecified atom stereocenters. The van der Waals surface area contributed by atoms with Crippen LogP contribution < -0.4 is 14.4 Å². The number of amides is 1. The molecule has 2 rings (SSSR count). The van der Waals surface area contributed by atoms with Gasteiger partial charge in [-0.2, -0.15) is 0 Å². The van der Waals surface area contributed by atoms with Crippen LogP contribution in [0.5, 0.6) is 11.5 Å². The molecular weight excluding hydrogens is 388 g/mol. The van der Waals surface area contributed by atoms with Gasteiger partial charge < -0.3 is 18.9 Å². The number of anilines is 1. The summed E-state index contributed by atoms with van der Waals surface area (Å²) in [6.45, 7) is -1.40. The number of rotatable bonds is 7. The van der Waals surface area contributed by atoms with Crippen molar-refractivity contribution in [3.05, 3.63) is 47.8 Å². The fourth-order valence-electron chi connectivity index (χ4n) is 2.47. The molecule has 0 atom stereocenters. The molecule has 0 saturated heterocycles. The Bertz CT molecular complexity index is 1050. The molecule has 0 spiro atoms. The Hall–Kier alpha value is -3.29. The van der Waals surface area contributed by atoms with Gasteiger partial charge in [0, 0.05) is 4.11 Å². The van der Waals surface area contributed by atoms with Crippen LogP contribution in [-0.4, -0.2) is 43.4 Å². The maximum Gasteiger partial charge on any atom is 0.415 e. The number of pyridine rings is 1. The number of esters is 1. The molecule has 0 N–H and O–H groups in total. The molecule has 30 heavy (non-hydrogen) atoms. The Balaban J connectivity index is 2.66. The maximum absolute atomic E-state index is 13.2. The van der Waals surface area contributed by atoms with Crippen molar-refractivity contribution in [1.82, 2.24) is 4.98 Å². The molecule has 2 aromatic rings. The molecule has 1 amide bonds. The number of benzene rings is 1. The van der Waals surface area contributed by atoms with E-state index in [2.05, 4.69) is 4.98 Å². The number of carbonyl (C=O) groups excluding carboxylic acids is 2. The van der Waals surface area contributed by atoms with E-state index in [1.165, 1.54) is 7.11 Å². The zero-order valence-electron chi connectivity index (χ0n) is 22.5. The summed E-state index contributed by atoms with van der Waals surface area (Å²) in [5, 5.41) is 0. The van der Waals surface area contributed by atoms with E-state index in [-0.39, 0.29) is 17.9 Å². The minimum Gasteiger partial charge on any atom is -0.497 e. The molecule has 0 bridgehead atoms. The first kappa shape index (κ1) is 16.5. The number of hydrogen-bond acceptors (Lipinski definition) is 7. The van der Waals surface area contributed by atoms with Gasteiger partial charge in [0.05, 0.1) is 41.9 Å². The first-order valence-corrected chi connectivity index (χ1v) is 8.99. The highest BCUT2D eigenvalue weighted by molar-refractivity contribution is 5.93. The standard InChI is InChI=1S/C22H28N2O6/c1-7-29-19-13-23-17(20(25)28-6)12-18(19)24(21(26)30-22(2,3)4)14-15-8-10-16(27-5)11-9-15/h8-13H,7,14H2,1-6H3/i1D3,7D2. The lowest BCUT2D eigenvalue weighted by Gasteiger charge is -2.28. The summed E-state index contributed by atoms with van der Waals surface area (Å²) in [4.78, 5) is 30.3. The van der Waals surface area contributed by atoms with Crippen molar-refractivity contribution in [3.8, 4) is 11.5 Å². The number of nitrogens with zero attached hydrogens (tertiary/aromatic N) is 2. The Morgan fingerprint density at radius 2 is 1.90 bits per heavy atom. The second kappa shape index (κ2) is 9.96. The molecule has 0 saturated carbocycles. The predicted molar refractivity (Wildman–Crippen MR) is 112 cm³/mol. The van der Waals surface area contributed by atoms with Crippen molar-refractivity contribution >= 4 is 17.7 Å².